The van der Waals surface area contributed by atoms with Crippen LogP contribution in [-0.2, 0) is 0 Å². The molecule has 2 N–H and O–H groups in total. The van der Waals surface area contributed by atoms with Gasteiger partial charge in [-0.25, -0.2) is 0 Å². The van der Waals surface area contributed by atoms with Crippen molar-refractivity contribution in [3.8, 4) is 0 Å². The van der Waals surface area contributed by atoms with Crippen molar-refractivity contribution in [2.45, 2.75) is 118 Å². The Labute approximate surface area is 223 Å². The average Bonchev–Trinajstić information content (AvgIpc) is 3.20. The van der Waals surface area contributed by atoms with Crippen LogP contribution in [-0.4, -0.2) is 13.1 Å². The Morgan fingerprint density at radius 1 is 0.889 bits per heavy atom. The van der Waals surface area contributed by atoms with Gasteiger partial charge >= 0.3 is 0 Å². The molecule has 0 heterocycles. The highest BCUT2D eigenvalue weighted by atomic mass is 15.2. The predicted octanol–water partition coefficient (Wildman–Crippen LogP) is 9.19. The van der Waals surface area contributed by atoms with E-state index in [0.29, 0.717) is 16.9 Å². The van der Waals surface area contributed by atoms with Crippen molar-refractivity contribution in [3.63, 3.8) is 0 Å². The number of nitrogen functional groups attached to an aromatic ring is 1. The maximum absolute atomic E-state index is 6.04. The summed E-state index contributed by atoms with van der Waals surface area (Å²) in [4.78, 5) is 2.66. The highest BCUT2D eigenvalue weighted by Gasteiger charge is 2.62. The van der Waals surface area contributed by atoms with Gasteiger partial charge in [-0.2, -0.15) is 0 Å². The van der Waals surface area contributed by atoms with E-state index < -0.39 is 0 Å². The van der Waals surface area contributed by atoms with Gasteiger partial charge in [-0.15, -0.1) is 0 Å². The van der Waals surface area contributed by atoms with Gasteiger partial charge < -0.3 is 10.6 Å². The fourth-order valence-corrected chi connectivity index (χ4v) is 10.8. The number of nitrogens with zero attached hydrogens (tertiary/aromatic N) is 1. The van der Waals surface area contributed by atoms with Crippen molar-refractivity contribution >= 4 is 11.4 Å². The molecule has 1 aromatic rings. The van der Waals surface area contributed by atoms with E-state index in [0.717, 1.165) is 47.1 Å². The van der Waals surface area contributed by atoms with Crippen LogP contribution in [0.1, 0.15) is 112 Å². The molecule has 202 valence electrons. The third kappa shape index (κ3) is 4.41. The molecule has 0 spiro atoms. The molecule has 2 heteroatoms. The number of benzene rings is 1. The first-order valence-electron chi connectivity index (χ1n) is 15.7. The fraction of sp³-hybridized carbons (Fsp3) is 0.824. The number of nitrogens with two attached hydrogens (primary N) is 1. The molecule has 4 saturated carbocycles. The lowest BCUT2D eigenvalue weighted by Crippen LogP contribution is -2.61. The van der Waals surface area contributed by atoms with Gasteiger partial charge in [0.1, 0.15) is 0 Å². The van der Waals surface area contributed by atoms with Crippen LogP contribution in [0.4, 0.5) is 11.4 Å². The van der Waals surface area contributed by atoms with Crippen molar-refractivity contribution in [1.29, 1.82) is 0 Å². The highest BCUT2D eigenvalue weighted by Crippen LogP contribution is 2.68. The SMILES string of the molecule is CC(C)CCC[C@@H](C)[C@H]1CC[C@H]2[C@@H]3CCC4CCCC(N(C)c5ccc(N)cc5)[C@]4(C)[C@H]3CC[C@]12C. The minimum absolute atomic E-state index is 0.444. The molecular weight excluding hydrogens is 436 g/mol. The Balaban J connectivity index is 1.36. The third-order valence-electron chi connectivity index (χ3n) is 12.7. The van der Waals surface area contributed by atoms with E-state index in [1.807, 2.05) is 0 Å². The summed E-state index contributed by atoms with van der Waals surface area (Å²) in [5.41, 5.74) is 9.31. The molecule has 4 aliphatic carbocycles. The van der Waals surface area contributed by atoms with Crippen molar-refractivity contribution in [2.24, 2.45) is 52.3 Å². The minimum atomic E-state index is 0.444. The van der Waals surface area contributed by atoms with Crippen molar-refractivity contribution in [1.82, 2.24) is 0 Å². The first-order chi connectivity index (χ1) is 17.2. The number of hydrogen-bond acceptors (Lipinski definition) is 2. The second kappa shape index (κ2) is 10.2. The summed E-state index contributed by atoms with van der Waals surface area (Å²) in [6.45, 7) is 12.9. The quantitative estimate of drug-likeness (QED) is 0.384. The zero-order valence-corrected chi connectivity index (χ0v) is 24.4. The summed E-state index contributed by atoms with van der Waals surface area (Å²) in [7, 11) is 2.38. The number of hydrogen-bond donors (Lipinski definition) is 1. The van der Waals surface area contributed by atoms with Crippen LogP contribution in [0.25, 0.3) is 0 Å². The lowest BCUT2D eigenvalue weighted by Gasteiger charge is -2.64. The molecule has 0 aliphatic heterocycles. The molecule has 4 fully saturated rings. The van der Waals surface area contributed by atoms with Crippen LogP contribution in [0.5, 0.6) is 0 Å². The maximum Gasteiger partial charge on any atom is 0.0367 e. The number of fused-ring (bicyclic) bond motifs is 5. The number of anilines is 2. The van der Waals surface area contributed by atoms with Gasteiger partial charge in [0.25, 0.3) is 0 Å². The van der Waals surface area contributed by atoms with E-state index in [2.05, 4.69) is 70.8 Å². The summed E-state index contributed by atoms with van der Waals surface area (Å²) in [6.07, 6.45) is 17.5. The Morgan fingerprint density at radius 2 is 1.64 bits per heavy atom. The standard InChI is InChI=1S/C34H56N2/c1-23(2)9-7-10-24(3)29-19-20-30-28-18-13-25-11-8-12-32(36(6)27-16-14-26(35)15-17-27)34(25,5)31(28)21-22-33(29,30)4/h14-17,23-25,28-32H,7-13,18-22,35H2,1-6H3/t24-,25?,28+,29-,30+,31+,32?,33-,34+/m1/s1. The predicted molar refractivity (Wildman–Crippen MR) is 156 cm³/mol. The molecule has 0 radical (unpaired) electrons. The average molecular weight is 493 g/mol. The van der Waals surface area contributed by atoms with Crippen molar-refractivity contribution in [2.75, 3.05) is 17.7 Å². The molecule has 36 heavy (non-hydrogen) atoms. The first kappa shape index (κ1) is 26.4. The molecule has 9 atom stereocenters. The number of rotatable bonds is 7. The lowest BCUT2D eigenvalue weighted by molar-refractivity contribution is -0.122. The van der Waals surface area contributed by atoms with E-state index in [1.165, 1.54) is 82.7 Å². The summed E-state index contributed by atoms with van der Waals surface area (Å²) in [5.74, 6) is 6.46. The second-order valence-corrected chi connectivity index (χ2v) is 14.7. The van der Waals surface area contributed by atoms with Gasteiger partial charge in [-0.1, -0.05) is 60.3 Å². The van der Waals surface area contributed by atoms with E-state index in [4.69, 9.17) is 5.73 Å². The highest BCUT2D eigenvalue weighted by molar-refractivity contribution is 5.53. The van der Waals surface area contributed by atoms with E-state index in [9.17, 15) is 0 Å². The van der Waals surface area contributed by atoms with E-state index in [-0.39, 0.29) is 0 Å². The van der Waals surface area contributed by atoms with Crippen molar-refractivity contribution in [3.05, 3.63) is 24.3 Å². The lowest BCUT2D eigenvalue weighted by atomic mass is 9.43. The molecular formula is C34H56N2. The van der Waals surface area contributed by atoms with Crippen LogP contribution in [0.3, 0.4) is 0 Å². The Morgan fingerprint density at radius 3 is 2.36 bits per heavy atom. The maximum atomic E-state index is 6.04. The summed E-state index contributed by atoms with van der Waals surface area (Å²) >= 11 is 0. The Bertz CT molecular complexity index is 876. The molecule has 0 aromatic heterocycles. The summed E-state index contributed by atoms with van der Waals surface area (Å²) in [5, 5.41) is 0. The molecule has 5 rings (SSSR count). The normalized spacial score (nSPS) is 40.9. The van der Waals surface area contributed by atoms with Gasteiger partial charge in [-0.05, 0) is 128 Å². The topological polar surface area (TPSA) is 29.3 Å². The second-order valence-electron chi connectivity index (χ2n) is 14.7. The van der Waals surface area contributed by atoms with Crippen LogP contribution >= 0.6 is 0 Å². The van der Waals surface area contributed by atoms with E-state index >= 15 is 0 Å². The van der Waals surface area contributed by atoms with Crippen molar-refractivity contribution < 1.29 is 0 Å². The zero-order valence-electron chi connectivity index (χ0n) is 24.4. The van der Waals surface area contributed by atoms with Crippen LogP contribution in [0.15, 0.2) is 24.3 Å². The first-order valence-corrected chi connectivity index (χ1v) is 15.7. The smallest absolute Gasteiger partial charge is 0.0367 e. The van der Waals surface area contributed by atoms with Crippen LogP contribution in [0, 0.1) is 52.3 Å². The monoisotopic (exact) mass is 492 g/mol. The Kier molecular flexibility index (Phi) is 7.47. The third-order valence-corrected chi connectivity index (χ3v) is 12.7. The molecule has 2 nitrogen and oxygen atoms in total. The minimum Gasteiger partial charge on any atom is -0.399 e. The molecule has 4 aliphatic rings. The van der Waals surface area contributed by atoms with Gasteiger partial charge in [0.2, 0.25) is 0 Å². The van der Waals surface area contributed by atoms with E-state index in [1.54, 1.807) is 0 Å². The molecule has 0 amide bonds. The summed E-state index contributed by atoms with van der Waals surface area (Å²) in [6, 6.07) is 9.34. The van der Waals surface area contributed by atoms with Crippen LogP contribution in [0.2, 0.25) is 0 Å². The van der Waals surface area contributed by atoms with Gasteiger partial charge in [0.05, 0.1) is 0 Å². The molecule has 1 aromatic carbocycles. The van der Waals surface area contributed by atoms with Gasteiger partial charge in [0, 0.05) is 24.5 Å². The van der Waals surface area contributed by atoms with Crippen LogP contribution < -0.4 is 10.6 Å². The summed E-state index contributed by atoms with van der Waals surface area (Å²) < 4.78 is 0. The fourth-order valence-electron chi connectivity index (χ4n) is 10.8. The zero-order chi connectivity index (χ0) is 25.7. The molecule has 2 unspecified atom stereocenters. The molecule has 0 saturated heterocycles. The molecule has 0 bridgehead atoms. The van der Waals surface area contributed by atoms with Gasteiger partial charge in [-0.3, -0.25) is 0 Å². The Hall–Kier alpha value is -1.18. The largest absolute Gasteiger partial charge is 0.399 e. The van der Waals surface area contributed by atoms with Gasteiger partial charge in [0.15, 0.2) is 0 Å².